The van der Waals surface area contributed by atoms with E-state index in [1.165, 1.54) is 19.3 Å². The van der Waals surface area contributed by atoms with E-state index in [0.29, 0.717) is 31.8 Å². The van der Waals surface area contributed by atoms with E-state index < -0.39 is 44.8 Å². The number of aliphatic hydroxyl groups is 1. The highest BCUT2D eigenvalue weighted by Gasteiger charge is 2.32. The van der Waals surface area contributed by atoms with Gasteiger partial charge in [-0.15, -0.1) is 0 Å². The molecule has 1 aromatic carbocycles. The summed E-state index contributed by atoms with van der Waals surface area (Å²) in [5.74, 6) is -2.18. The summed E-state index contributed by atoms with van der Waals surface area (Å²) < 4.78 is 83.5. The number of nitrogens with one attached hydrogen (secondary N) is 2. The standard InChI is InChI=1S/C24H29F3N6O6S/c1-32-22-15(13-29-24(30-22)28-5-8-38-10-11-39-9-7-34)12-17(23(32)35)20-18(26)2-3-19(21(20)27)31-40(36,37)33-6-4-16(25)14-33/h2-3,12-13,16,31,34H,4-11,14H2,1H3,(H,28,29,30)/t16-/m1/s1. The molecule has 0 unspecified atom stereocenters. The molecule has 1 aliphatic heterocycles. The summed E-state index contributed by atoms with van der Waals surface area (Å²) in [6, 6.07) is 2.96. The molecule has 4 rings (SSSR count). The molecule has 1 atom stereocenters. The van der Waals surface area contributed by atoms with Crippen molar-refractivity contribution in [3.05, 3.63) is 46.4 Å². The van der Waals surface area contributed by atoms with Gasteiger partial charge in [0.25, 0.3) is 5.56 Å². The van der Waals surface area contributed by atoms with Crippen molar-refractivity contribution in [2.75, 3.05) is 62.7 Å². The number of ether oxygens (including phenoxy) is 2. The number of alkyl halides is 1. The smallest absolute Gasteiger partial charge is 0.301 e. The van der Waals surface area contributed by atoms with Gasteiger partial charge >= 0.3 is 10.2 Å². The summed E-state index contributed by atoms with van der Waals surface area (Å²) in [6.45, 7) is 1.05. The SMILES string of the molecule is Cn1c(=O)c(-c2c(F)ccc(NS(=O)(=O)N3CC[C@@H](F)C3)c2F)cc2cnc(NCCOCCOCCO)nc21. The number of rotatable bonds is 13. The Morgan fingerprint density at radius 2 is 1.93 bits per heavy atom. The Hall–Kier alpha value is -3.31. The number of nitrogens with zero attached hydrogens (tertiary/aromatic N) is 4. The van der Waals surface area contributed by atoms with E-state index in [9.17, 15) is 22.0 Å². The van der Waals surface area contributed by atoms with Crippen LogP contribution in [-0.2, 0) is 26.7 Å². The number of hydrogen-bond acceptors (Lipinski definition) is 9. The largest absolute Gasteiger partial charge is 0.394 e. The summed E-state index contributed by atoms with van der Waals surface area (Å²) in [6.07, 6.45) is 0.0557. The highest BCUT2D eigenvalue weighted by molar-refractivity contribution is 7.90. The van der Waals surface area contributed by atoms with Crippen molar-refractivity contribution >= 4 is 32.9 Å². The molecule has 1 fully saturated rings. The van der Waals surface area contributed by atoms with Gasteiger partial charge in [-0.05, 0) is 24.6 Å². The second-order valence-corrected chi connectivity index (χ2v) is 10.6. The molecule has 218 valence electrons. The summed E-state index contributed by atoms with van der Waals surface area (Å²) >= 11 is 0. The van der Waals surface area contributed by atoms with E-state index in [0.717, 1.165) is 21.0 Å². The zero-order valence-electron chi connectivity index (χ0n) is 21.6. The highest BCUT2D eigenvalue weighted by atomic mass is 32.2. The Morgan fingerprint density at radius 3 is 2.62 bits per heavy atom. The predicted octanol–water partition coefficient (Wildman–Crippen LogP) is 1.41. The number of pyridine rings is 1. The first kappa shape index (κ1) is 29.7. The molecule has 3 N–H and O–H groups in total. The third kappa shape index (κ3) is 6.69. The van der Waals surface area contributed by atoms with Crippen LogP contribution in [0.5, 0.6) is 0 Å². The molecule has 3 heterocycles. The van der Waals surface area contributed by atoms with Gasteiger partial charge in [0, 0.05) is 38.3 Å². The lowest BCUT2D eigenvalue weighted by molar-refractivity contribution is 0.0360. The number of aryl methyl sites for hydroxylation is 1. The molecule has 1 saturated heterocycles. The van der Waals surface area contributed by atoms with Crippen LogP contribution in [0.3, 0.4) is 0 Å². The zero-order valence-corrected chi connectivity index (χ0v) is 22.4. The number of fused-ring (bicyclic) bond motifs is 1. The first-order valence-corrected chi connectivity index (χ1v) is 13.8. The molecule has 2 aromatic heterocycles. The fourth-order valence-electron chi connectivity index (χ4n) is 4.12. The van der Waals surface area contributed by atoms with Crippen LogP contribution in [0.1, 0.15) is 6.42 Å². The van der Waals surface area contributed by atoms with Gasteiger partial charge in [-0.2, -0.15) is 17.7 Å². The van der Waals surface area contributed by atoms with Gasteiger partial charge in [0.15, 0.2) is 5.82 Å². The van der Waals surface area contributed by atoms with Gasteiger partial charge in [0.05, 0.1) is 49.8 Å². The maximum absolute atomic E-state index is 15.5. The average molecular weight is 587 g/mol. The summed E-state index contributed by atoms with van der Waals surface area (Å²) in [4.78, 5) is 21.6. The number of benzene rings is 1. The van der Waals surface area contributed by atoms with Crippen molar-refractivity contribution in [2.45, 2.75) is 12.6 Å². The second-order valence-electron chi connectivity index (χ2n) is 8.90. The lowest BCUT2D eigenvalue weighted by atomic mass is 10.0. The van der Waals surface area contributed by atoms with Crippen LogP contribution in [0.25, 0.3) is 22.2 Å². The molecule has 0 aliphatic carbocycles. The van der Waals surface area contributed by atoms with E-state index >= 15 is 4.39 Å². The normalized spacial score (nSPS) is 16.1. The van der Waals surface area contributed by atoms with E-state index in [2.05, 4.69) is 15.3 Å². The van der Waals surface area contributed by atoms with Gasteiger partial charge in [-0.1, -0.05) is 0 Å². The monoisotopic (exact) mass is 586 g/mol. The van der Waals surface area contributed by atoms with Gasteiger partial charge in [-0.25, -0.2) is 18.2 Å². The summed E-state index contributed by atoms with van der Waals surface area (Å²) in [7, 11) is -2.93. The van der Waals surface area contributed by atoms with E-state index in [1.54, 1.807) is 0 Å². The molecule has 0 radical (unpaired) electrons. The molecular formula is C24H29F3N6O6S. The molecule has 3 aromatic rings. The number of aromatic nitrogens is 3. The molecule has 16 heteroatoms. The number of halogens is 3. The van der Waals surface area contributed by atoms with E-state index in [-0.39, 0.29) is 49.9 Å². The third-order valence-electron chi connectivity index (χ3n) is 6.12. The minimum absolute atomic E-state index is 0.0137. The number of hydrogen-bond donors (Lipinski definition) is 3. The molecule has 0 saturated carbocycles. The van der Waals surface area contributed by atoms with Crippen LogP contribution in [0, 0.1) is 11.6 Å². The molecule has 0 amide bonds. The Bertz CT molecular complexity index is 1520. The Labute approximate surface area is 227 Å². The van der Waals surface area contributed by atoms with Crippen molar-refractivity contribution in [2.24, 2.45) is 7.05 Å². The molecule has 0 spiro atoms. The molecule has 40 heavy (non-hydrogen) atoms. The Morgan fingerprint density at radius 1 is 1.18 bits per heavy atom. The Kier molecular flexibility index (Phi) is 9.57. The topological polar surface area (TPSA) is 148 Å². The van der Waals surface area contributed by atoms with Crippen molar-refractivity contribution < 1.29 is 36.2 Å². The van der Waals surface area contributed by atoms with Crippen molar-refractivity contribution in [3.8, 4) is 11.1 Å². The zero-order chi connectivity index (χ0) is 28.9. The van der Waals surface area contributed by atoms with Crippen LogP contribution in [0.15, 0.2) is 29.2 Å². The minimum Gasteiger partial charge on any atom is -0.394 e. The molecule has 0 bridgehead atoms. The van der Waals surface area contributed by atoms with Gasteiger partial charge in [0.2, 0.25) is 5.95 Å². The lowest BCUT2D eigenvalue weighted by Gasteiger charge is -2.18. The van der Waals surface area contributed by atoms with E-state index in [1.807, 2.05) is 4.72 Å². The maximum atomic E-state index is 15.5. The Balaban J connectivity index is 1.55. The average Bonchev–Trinajstić information content (AvgIpc) is 3.37. The van der Waals surface area contributed by atoms with E-state index in [4.69, 9.17) is 14.6 Å². The summed E-state index contributed by atoms with van der Waals surface area (Å²) in [5.41, 5.74) is -2.26. The van der Waals surface area contributed by atoms with Gasteiger partial charge in [-0.3, -0.25) is 14.1 Å². The first-order chi connectivity index (χ1) is 19.1. The molecular weight excluding hydrogens is 557 g/mol. The van der Waals surface area contributed by atoms with Crippen LogP contribution in [-0.4, -0.2) is 91.2 Å². The van der Waals surface area contributed by atoms with Crippen molar-refractivity contribution in [1.82, 2.24) is 18.8 Å². The first-order valence-electron chi connectivity index (χ1n) is 12.4. The number of aliphatic hydroxyl groups excluding tert-OH is 1. The fraction of sp³-hybridized carbons (Fsp3) is 0.458. The van der Waals surface area contributed by atoms with Crippen LogP contribution >= 0.6 is 0 Å². The molecule has 12 nitrogen and oxygen atoms in total. The van der Waals surface area contributed by atoms with Crippen molar-refractivity contribution in [1.29, 1.82) is 0 Å². The highest BCUT2D eigenvalue weighted by Crippen LogP contribution is 2.31. The molecule has 1 aliphatic rings. The van der Waals surface area contributed by atoms with Crippen molar-refractivity contribution in [3.63, 3.8) is 0 Å². The maximum Gasteiger partial charge on any atom is 0.301 e. The quantitative estimate of drug-likeness (QED) is 0.253. The minimum atomic E-state index is -4.31. The van der Waals surface area contributed by atoms with Crippen LogP contribution in [0.4, 0.5) is 24.8 Å². The van der Waals surface area contributed by atoms with Gasteiger partial charge in [0.1, 0.15) is 17.6 Å². The predicted molar refractivity (Wildman–Crippen MR) is 141 cm³/mol. The third-order valence-corrected chi connectivity index (χ3v) is 7.61. The van der Waals surface area contributed by atoms with Gasteiger partial charge < -0.3 is 19.9 Å². The summed E-state index contributed by atoms with van der Waals surface area (Å²) in [5, 5.41) is 11.9. The number of anilines is 2. The second kappa shape index (κ2) is 12.9. The lowest BCUT2D eigenvalue weighted by Crippen LogP contribution is -2.34. The van der Waals surface area contributed by atoms with Crippen LogP contribution in [0.2, 0.25) is 0 Å². The van der Waals surface area contributed by atoms with Crippen LogP contribution < -0.4 is 15.6 Å². The fourth-order valence-corrected chi connectivity index (χ4v) is 5.39.